The van der Waals surface area contributed by atoms with E-state index in [1.807, 2.05) is 55.4 Å². The lowest BCUT2D eigenvalue weighted by molar-refractivity contribution is -0.175. The van der Waals surface area contributed by atoms with Gasteiger partial charge in [-0.05, 0) is 66.7 Å². The molecule has 4 N–H and O–H groups in total. The molecule has 10 heteroatoms. The van der Waals surface area contributed by atoms with E-state index >= 15 is 0 Å². The number of nitrogens with two attached hydrogens (primary N) is 1. The Morgan fingerprint density at radius 3 is 2.46 bits per heavy atom. The summed E-state index contributed by atoms with van der Waals surface area (Å²) in [5.41, 5.74) is 10.4. The average molecular weight is 636 g/mol. The summed E-state index contributed by atoms with van der Waals surface area (Å²) in [5, 5.41) is 16.0. The van der Waals surface area contributed by atoms with Crippen LogP contribution in [0.1, 0.15) is 56.5 Å². The van der Waals surface area contributed by atoms with Crippen LogP contribution in [0.3, 0.4) is 0 Å². The monoisotopic (exact) mass is 635 g/mol. The van der Waals surface area contributed by atoms with Crippen molar-refractivity contribution in [2.75, 3.05) is 46.7 Å². The lowest BCUT2D eigenvalue weighted by Crippen LogP contribution is -2.62. The van der Waals surface area contributed by atoms with E-state index in [1.165, 1.54) is 6.42 Å². The summed E-state index contributed by atoms with van der Waals surface area (Å²) in [5.74, 6) is 1.45. The highest BCUT2D eigenvalue weighted by Crippen LogP contribution is 2.61. The molecular weight excluding hydrogens is 582 g/mol. The van der Waals surface area contributed by atoms with Gasteiger partial charge in [-0.15, -0.1) is 0 Å². The number of rotatable bonds is 10. The summed E-state index contributed by atoms with van der Waals surface area (Å²) in [6.07, 6.45) is 0.866. The molecule has 3 aliphatic carbocycles. The number of aliphatic hydroxyl groups is 1. The number of amides is 2. The van der Waals surface area contributed by atoms with Crippen molar-refractivity contribution in [3.8, 4) is 16.9 Å². The molecule has 252 valence electrons. The van der Waals surface area contributed by atoms with Crippen LogP contribution < -0.4 is 20.7 Å². The van der Waals surface area contributed by atoms with Gasteiger partial charge in [-0.2, -0.15) is 5.06 Å². The summed E-state index contributed by atoms with van der Waals surface area (Å²) in [4.78, 5) is 37.0. The summed E-state index contributed by atoms with van der Waals surface area (Å²) >= 11 is 0. The van der Waals surface area contributed by atoms with Crippen LogP contribution in [0.5, 0.6) is 5.75 Å². The van der Waals surface area contributed by atoms with Crippen LogP contribution in [-0.2, 0) is 16.2 Å². The largest absolute Gasteiger partial charge is 0.496 e. The van der Waals surface area contributed by atoms with E-state index in [0.29, 0.717) is 34.5 Å². The number of nitrogens with zero attached hydrogens (tertiary/aromatic N) is 3. The van der Waals surface area contributed by atoms with Crippen molar-refractivity contribution in [1.29, 1.82) is 0 Å². The molecule has 46 heavy (non-hydrogen) atoms. The Morgan fingerprint density at radius 1 is 1.17 bits per heavy atom. The molecule has 1 heterocycles. The summed E-state index contributed by atoms with van der Waals surface area (Å²) < 4.78 is 6.02. The second kappa shape index (κ2) is 13.1. The fourth-order valence-corrected chi connectivity index (χ4v) is 8.28. The van der Waals surface area contributed by atoms with Gasteiger partial charge in [-0.25, -0.2) is 0 Å². The molecule has 1 saturated heterocycles. The molecule has 4 aliphatic rings. The van der Waals surface area contributed by atoms with E-state index in [4.69, 9.17) is 15.3 Å². The van der Waals surface area contributed by atoms with E-state index in [9.17, 15) is 14.7 Å². The molecule has 4 fully saturated rings. The highest BCUT2D eigenvalue weighted by atomic mass is 16.7. The molecule has 2 amide bonds. The van der Waals surface area contributed by atoms with E-state index in [1.54, 1.807) is 38.1 Å². The van der Waals surface area contributed by atoms with Crippen LogP contribution in [0, 0.1) is 29.1 Å². The van der Waals surface area contributed by atoms with Gasteiger partial charge in [0.1, 0.15) is 11.8 Å². The van der Waals surface area contributed by atoms with Crippen LogP contribution >= 0.6 is 0 Å². The SMILES string of the molecule is COc1c(CN2O[C@@H](CN)[C@@H]([C@H](C)O)[C@H]2C(=O)N[C@H]2C[C@H]3C[C@@H]([C@@H]2C)C3(C)C)cccc1-c1cc(C(=O)N(C)C)cc(N(C)C)c1. The Labute approximate surface area is 274 Å². The maximum absolute atomic E-state index is 14.2. The topological polar surface area (TPSA) is 121 Å². The van der Waals surface area contributed by atoms with Gasteiger partial charge in [-0.3, -0.25) is 14.4 Å². The molecule has 2 aromatic carbocycles. The van der Waals surface area contributed by atoms with Crippen molar-refractivity contribution in [1.82, 2.24) is 15.3 Å². The molecule has 1 aliphatic heterocycles. The van der Waals surface area contributed by atoms with Crippen molar-refractivity contribution in [3.05, 3.63) is 47.5 Å². The first-order chi connectivity index (χ1) is 21.7. The molecule has 2 aromatic rings. The predicted molar refractivity (Wildman–Crippen MR) is 180 cm³/mol. The van der Waals surface area contributed by atoms with Crippen LogP contribution in [-0.4, -0.2) is 93.0 Å². The van der Waals surface area contributed by atoms with Crippen molar-refractivity contribution < 1.29 is 24.3 Å². The van der Waals surface area contributed by atoms with E-state index < -0.39 is 24.2 Å². The van der Waals surface area contributed by atoms with Crippen LogP contribution in [0.2, 0.25) is 0 Å². The van der Waals surface area contributed by atoms with Crippen LogP contribution in [0.15, 0.2) is 36.4 Å². The van der Waals surface area contributed by atoms with Crippen LogP contribution in [0.25, 0.3) is 11.1 Å². The zero-order valence-electron chi connectivity index (χ0n) is 28.9. The number of nitrogens with one attached hydrogen (secondary N) is 1. The Bertz CT molecular complexity index is 1440. The minimum absolute atomic E-state index is 0.0820. The first-order valence-corrected chi connectivity index (χ1v) is 16.5. The first kappa shape index (κ1) is 34.2. The van der Waals surface area contributed by atoms with Crippen LogP contribution in [0.4, 0.5) is 5.69 Å². The molecule has 6 rings (SSSR count). The number of fused-ring (bicyclic) bond motifs is 2. The van der Waals surface area contributed by atoms with Gasteiger partial charge in [-0.1, -0.05) is 39.0 Å². The number of hydroxylamine groups is 2. The number of carbonyl (C=O) groups excluding carboxylic acids is 2. The lowest BCUT2D eigenvalue weighted by atomic mass is 9.45. The number of hydrogen-bond acceptors (Lipinski definition) is 8. The second-order valence-electron chi connectivity index (χ2n) is 14.6. The number of anilines is 1. The number of ether oxygens (including phenoxy) is 1. The standard InChI is InChI=1S/C36H53N5O5/c1-20-28-16-25(36(28,3)4)17-29(20)38-34(43)32-31(21(2)42)30(18-37)46-41(32)19-22-11-10-12-27(33(22)45-9)23-13-24(35(44)40(7)8)15-26(14-23)39(5)6/h10-15,20-21,25,28-32,42H,16-19,37H2,1-9H3,(H,38,43)/t20-,21-,25+,28-,29-,30-,31+,32-/m0/s1. The van der Waals surface area contributed by atoms with Crippen molar-refractivity contribution >= 4 is 17.5 Å². The molecule has 3 saturated carbocycles. The highest BCUT2D eigenvalue weighted by molar-refractivity contribution is 5.97. The smallest absolute Gasteiger partial charge is 0.253 e. The van der Waals surface area contributed by atoms with E-state index in [-0.39, 0.29) is 30.9 Å². The van der Waals surface area contributed by atoms with Crippen molar-refractivity contribution in [2.24, 2.45) is 34.8 Å². The number of benzene rings is 2. The van der Waals surface area contributed by atoms with Gasteiger partial charge in [0.25, 0.3) is 5.91 Å². The Kier molecular flexibility index (Phi) is 9.76. The number of para-hydroxylation sites is 1. The third-order valence-electron chi connectivity index (χ3n) is 11.1. The Balaban J connectivity index is 1.47. The second-order valence-corrected chi connectivity index (χ2v) is 14.6. The fraction of sp³-hybridized carbons (Fsp3) is 0.611. The van der Waals surface area contributed by atoms with Gasteiger partial charge in [0, 0.05) is 69.1 Å². The number of methoxy groups -OCH3 is 1. The molecule has 0 radical (unpaired) electrons. The normalized spacial score (nSPS) is 29.1. The molecule has 0 spiro atoms. The van der Waals surface area contributed by atoms with Gasteiger partial charge >= 0.3 is 0 Å². The third-order valence-corrected chi connectivity index (χ3v) is 11.1. The molecule has 8 atom stereocenters. The predicted octanol–water partition coefficient (Wildman–Crippen LogP) is 3.76. The van der Waals surface area contributed by atoms with Gasteiger partial charge in [0.2, 0.25) is 5.91 Å². The number of hydrogen-bond donors (Lipinski definition) is 3. The molecule has 10 nitrogen and oxygen atoms in total. The first-order valence-electron chi connectivity index (χ1n) is 16.5. The van der Waals surface area contributed by atoms with E-state index in [2.05, 4.69) is 26.1 Å². The Morgan fingerprint density at radius 2 is 1.89 bits per heavy atom. The zero-order valence-corrected chi connectivity index (χ0v) is 28.9. The summed E-state index contributed by atoms with van der Waals surface area (Å²) in [6, 6.07) is 11.0. The fourth-order valence-electron chi connectivity index (χ4n) is 8.28. The maximum Gasteiger partial charge on any atom is 0.253 e. The summed E-state index contributed by atoms with van der Waals surface area (Å²) in [6.45, 7) is 9.06. The van der Waals surface area contributed by atoms with Gasteiger partial charge in [0.05, 0.1) is 25.9 Å². The molecular formula is C36H53N5O5. The lowest BCUT2D eigenvalue weighted by Gasteiger charge is -2.62. The molecule has 0 unspecified atom stereocenters. The minimum Gasteiger partial charge on any atom is -0.496 e. The molecule has 0 aromatic heterocycles. The average Bonchev–Trinajstić information content (AvgIpc) is 3.39. The van der Waals surface area contributed by atoms with Gasteiger partial charge in [0.15, 0.2) is 0 Å². The quantitative estimate of drug-likeness (QED) is 0.361. The highest BCUT2D eigenvalue weighted by Gasteiger charge is 2.57. The minimum atomic E-state index is -0.805. The Hall–Kier alpha value is -3.18. The summed E-state index contributed by atoms with van der Waals surface area (Å²) in [7, 11) is 8.98. The molecule has 2 bridgehead atoms. The van der Waals surface area contributed by atoms with Gasteiger partial charge < -0.3 is 30.7 Å². The van der Waals surface area contributed by atoms with E-state index in [0.717, 1.165) is 28.8 Å². The number of carbonyl (C=O) groups is 2. The zero-order chi connectivity index (χ0) is 33.7. The number of aliphatic hydroxyl groups excluding tert-OH is 1. The van der Waals surface area contributed by atoms with Crippen molar-refractivity contribution in [2.45, 2.75) is 71.4 Å². The third kappa shape index (κ3) is 6.12. The maximum atomic E-state index is 14.2. The van der Waals surface area contributed by atoms with Crippen molar-refractivity contribution in [3.63, 3.8) is 0 Å².